The fourth-order valence-corrected chi connectivity index (χ4v) is 5.55. The standard InChI is InChI=1S/C37H49N3O7/c1-42-32-21-20-28(18-19-29-25-34(43-2)37(45-4)35(26-29)44-3)24-33(32)46-23-12-7-5-6-9-14-30-27-40(39-38-30)22-11-8-10-15-31-16-13-17-36(41)47-31/h13,17-21,24-27,31H,5-12,14-16,22-23H2,1-4H3/b19-18-/t31-/m0/s1. The lowest BCUT2D eigenvalue weighted by Crippen LogP contribution is -2.19. The van der Waals surface area contributed by atoms with Crippen molar-refractivity contribution in [2.24, 2.45) is 0 Å². The van der Waals surface area contributed by atoms with Gasteiger partial charge in [0.25, 0.3) is 0 Å². The number of hydrogen-bond donors (Lipinski definition) is 0. The summed E-state index contributed by atoms with van der Waals surface area (Å²) in [6, 6.07) is 9.73. The van der Waals surface area contributed by atoms with Crippen LogP contribution in [0.2, 0.25) is 0 Å². The number of benzene rings is 2. The fourth-order valence-electron chi connectivity index (χ4n) is 5.55. The molecule has 1 aromatic heterocycles. The largest absolute Gasteiger partial charge is 0.493 e. The first kappa shape index (κ1) is 35.4. The molecule has 10 heteroatoms. The summed E-state index contributed by atoms with van der Waals surface area (Å²) in [6.45, 7) is 1.50. The monoisotopic (exact) mass is 647 g/mol. The lowest BCUT2D eigenvalue weighted by atomic mass is 10.1. The first-order valence-electron chi connectivity index (χ1n) is 16.6. The zero-order valence-electron chi connectivity index (χ0n) is 28.2. The molecule has 0 radical (unpaired) electrons. The minimum absolute atomic E-state index is 0.0373. The number of unbranched alkanes of at least 4 members (excludes halogenated alkanes) is 6. The zero-order chi connectivity index (χ0) is 33.3. The molecule has 1 aliphatic heterocycles. The van der Waals surface area contributed by atoms with Crippen molar-refractivity contribution in [3.05, 3.63) is 65.5 Å². The van der Waals surface area contributed by atoms with Crippen LogP contribution in [0.4, 0.5) is 0 Å². The van der Waals surface area contributed by atoms with E-state index in [2.05, 4.69) is 16.5 Å². The molecule has 47 heavy (non-hydrogen) atoms. The summed E-state index contributed by atoms with van der Waals surface area (Å²) in [5.41, 5.74) is 2.97. The molecule has 254 valence electrons. The van der Waals surface area contributed by atoms with Crippen molar-refractivity contribution in [2.45, 2.75) is 83.3 Å². The van der Waals surface area contributed by atoms with Gasteiger partial charge in [-0.3, -0.25) is 4.68 Å². The van der Waals surface area contributed by atoms with E-state index >= 15 is 0 Å². The first-order valence-corrected chi connectivity index (χ1v) is 16.6. The number of nitrogens with zero attached hydrogens (tertiary/aromatic N) is 3. The van der Waals surface area contributed by atoms with E-state index in [1.165, 1.54) is 6.08 Å². The third-order valence-corrected chi connectivity index (χ3v) is 8.11. The van der Waals surface area contributed by atoms with Gasteiger partial charge in [-0.25, -0.2) is 4.79 Å². The number of methoxy groups -OCH3 is 4. The number of carbonyl (C=O) groups excluding carboxylic acids is 1. The molecule has 0 amide bonds. The average Bonchev–Trinajstić information content (AvgIpc) is 3.55. The van der Waals surface area contributed by atoms with E-state index in [9.17, 15) is 4.79 Å². The van der Waals surface area contributed by atoms with Gasteiger partial charge in [-0.05, 0) is 73.9 Å². The molecule has 2 aromatic carbocycles. The summed E-state index contributed by atoms with van der Waals surface area (Å²) in [5.74, 6) is 3.01. The Bertz CT molecular complexity index is 1440. The molecule has 0 spiro atoms. The molecule has 0 saturated carbocycles. The number of hydrogen-bond acceptors (Lipinski definition) is 9. The van der Waals surface area contributed by atoms with Crippen LogP contribution in [0, 0.1) is 0 Å². The molecular weight excluding hydrogens is 598 g/mol. The number of rotatable bonds is 21. The summed E-state index contributed by atoms with van der Waals surface area (Å²) in [7, 11) is 6.46. The van der Waals surface area contributed by atoms with Gasteiger partial charge in [-0.15, -0.1) is 5.10 Å². The molecule has 0 fully saturated rings. The van der Waals surface area contributed by atoms with Crippen molar-refractivity contribution in [3.63, 3.8) is 0 Å². The maximum absolute atomic E-state index is 11.3. The Balaban J connectivity index is 1.11. The van der Waals surface area contributed by atoms with E-state index < -0.39 is 0 Å². The summed E-state index contributed by atoms with van der Waals surface area (Å²) < 4.78 is 35.3. The average molecular weight is 648 g/mol. The van der Waals surface area contributed by atoms with Crippen LogP contribution >= 0.6 is 0 Å². The normalized spacial score (nSPS) is 14.3. The maximum Gasteiger partial charge on any atom is 0.330 e. The van der Waals surface area contributed by atoms with Crippen LogP contribution in [-0.4, -0.2) is 62.1 Å². The van der Waals surface area contributed by atoms with E-state index in [-0.39, 0.29) is 12.1 Å². The molecule has 0 bridgehead atoms. The van der Waals surface area contributed by atoms with Crippen molar-refractivity contribution < 1.29 is 33.2 Å². The van der Waals surface area contributed by atoms with Crippen LogP contribution < -0.4 is 23.7 Å². The Hall–Kier alpha value is -4.47. The molecule has 2 heterocycles. The quantitative estimate of drug-likeness (QED) is 0.0661. The predicted octanol–water partition coefficient (Wildman–Crippen LogP) is 7.49. The van der Waals surface area contributed by atoms with Gasteiger partial charge >= 0.3 is 5.97 Å². The fraction of sp³-hybridized carbons (Fsp3) is 0.486. The second-order valence-corrected chi connectivity index (χ2v) is 11.6. The van der Waals surface area contributed by atoms with Crippen LogP contribution in [0.5, 0.6) is 28.7 Å². The highest BCUT2D eigenvalue weighted by atomic mass is 16.5. The lowest BCUT2D eigenvalue weighted by molar-refractivity contribution is -0.144. The summed E-state index contributed by atoms with van der Waals surface area (Å²) in [4.78, 5) is 11.3. The predicted molar refractivity (Wildman–Crippen MR) is 182 cm³/mol. The molecule has 0 N–H and O–H groups in total. The van der Waals surface area contributed by atoms with Crippen molar-refractivity contribution in [1.82, 2.24) is 15.0 Å². The van der Waals surface area contributed by atoms with Gasteiger partial charge in [0.15, 0.2) is 23.0 Å². The zero-order valence-corrected chi connectivity index (χ0v) is 28.2. The molecule has 0 saturated heterocycles. The van der Waals surface area contributed by atoms with Gasteiger partial charge in [0.05, 0.1) is 40.7 Å². The Morgan fingerprint density at radius 2 is 1.51 bits per heavy atom. The smallest absolute Gasteiger partial charge is 0.330 e. The van der Waals surface area contributed by atoms with Crippen LogP contribution in [0.3, 0.4) is 0 Å². The number of aromatic nitrogens is 3. The van der Waals surface area contributed by atoms with Crippen LogP contribution in [0.1, 0.15) is 81.0 Å². The summed E-state index contributed by atoms with van der Waals surface area (Å²) in [5, 5.41) is 8.64. The maximum atomic E-state index is 11.3. The first-order chi connectivity index (χ1) is 23.0. The second kappa shape index (κ2) is 19.3. The summed E-state index contributed by atoms with van der Waals surface area (Å²) >= 11 is 0. The van der Waals surface area contributed by atoms with Crippen molar-refractivity contribution in [2.75, 3.05) is 35.0 Å². The number of esters is 1. The molecule has 1 atom stereocenters. The number of aryl methyl sites for hydroxylation is 2. The third-order valence-electron chi connectivity index (χ3n) is 8.11. The second-order valence-electron chi connectivity index (χ2n) is 11.6. The molecule has 3 aromatic rings. The lowest BCUT2D eigenvalue weighted by Gasteiger charge is -2.18. The Morgan fingerprint density at radius 1 is 0.809 bits per heavy atom. The van der Waals surface area contributed by atoms with Gasteiger partial charge in [0.1, 0.15) is 6.10 Å². The third kappa shape index (κ3) is 11.4. The van der Waals surface area contributed by atoms with E-state index in [4.69, 9.17) is 28.4 Å². The SMILES string of the molecule is COc1ccc(/C=C\c2cc(OC)c(OC)c(OC)c2)cc1OCCCCCCCc1cn(CCCCC[C@H]2CC=CC(=O)O2)nn1. The van der Waals surface area contributed by atoms with Gasteiger partial charge < -0.3 is 28.4 Å². The van der Waals surface area contributed by atoms with E-state index in [0.29, 0.717) is 29.6 Å². The van der Waals surface area contributed by atoms with Crippen LogP contribution in [0.15, 0.2) is 48.7 Å². The highest BCUT2D eigenvalue weighted by Gasteiger charge is 2.15. The van der Waals surface area contributed by atoms with Crippen molar-refractivity contribution in [1.29, 1.82) is 0 Å². The van der Waals surface area contributed by atoms with Gasteiger partial charge in [0, 0.05) is 25.2 Å². The van der Waals surface area contributed by atoms with Crippen molar-refractivity contribution in [3.8, 4) is 28.7 Å². The van der Waals surface area contributed by atoms with E-state index in [0.717, 1.165) is 99.7 Å². The van der Waals surface area contributed by atoms with E-state index in [1.54, 1.807) is 28.4 Å². The molecule has 0 aliphatic carbocycles. The van der Waals surface area contributed by atoms with Crippen LogP contribution in [0.25, 0.3) is 12.2 Å². The topological polar surface area (TPSA) is 103 Å². The minimum atomic E-state index is -0.218. The Kier molecular flexibility index (Phi) is 14.5. The Labute approximate surface area is 278 Å². The van der Waals surface area contributed by atoms with Gasteiger partial charge in [0.2, 0.25) is 5.75 Å². The van der Waals surface area contributed by atoms with E-state index in [1.807, 2.05) is 53.2 Å². The number of carbonyl (C=O) groups is 1. The van der Waals surface area contributed by atoms with Crippen LogP contribution in [-0.2, 0) is 22.5 Å². The molecule has 0 unspecified atom stereocenters. The highest BCUT2D eigenvalue weighted by molar-refractivity contribution is 5.82. The van der Waals surface area contributed by atoms with Crippen molar-refractivity contribution >= 4 is 18.1 Å². The Morgan fingerprint density at radius 3 is 2.26 bits per heavy atom. The highest BCUT2D eigenvalue weighted by Crippen LogP contribution is 2.39. The number of cyclic esters (lactones) is 1. The molecule has 4 rings (SSSR count). The molecule has 10 nitrogen and oxygen atoms in total. The number of ether oxygens (including phenoxy) is 6. The van der Waals surface area contributed by atoms with Gasteiger partial charge in [-0.1, -0.05) is 55.2 Å². The van der Waals surface area contributed by atoms with Gasteiger partial charge in [-0.2, -0.15) is 0 Å². The minimum Gasteiger partial charge on any atom is -0.493 e. The summed E-state index contributed by atoms with van der Waals surface area (Å²) in [6.07, 6.45) is 20.9. The molecular formula is C37H49N3O7. The molecule has 1 aliphatic rings.